The number of esters is 1. The molecule has 0 spiro atoms. The number of piperazine rings is 1. The van der Waals surface area contributed by atoms with Crippen LogP contribution in [0.25, 0.3) is 0 Å². The predicted octanol–water partition coefficient (Wildman–Crippen LogP) is -1.43. The van der Waals surface area contributed by atoms with Crippen molar-refractivity contribution in [2.45, 2.75) is 0 Å². The number of guanidine groups is 1. The maximum Gasteiger partial charge on any atom is 0.325 e. The van der Waals surface area contributed by atoms with E-state index in [1.165, 1.54) is 29.0 Å². The number of ether oxygens (including phenoxy) is 1. The molecule has 0 aliphatic carbocycles. The molecule has 0 saturated carbocycles. The zero-order valence-corrected chi connectivity index (χ0v) is 15.4. The van der Waals surface area contributed by atoms with Crippen molar-refractivity contribution in [1.82, 2.24) is 15.1 Å². The maximum atomic E-state index is 12.2. The topological polar surface area (TPSA) is 158 Å². The summed E-state index contributed by atoms with van der Waals surface area (Å²) >= 11 is 0. The van der Waals surface area contributed by atoms with E-state index in [2.05, 4.69) is 15.4 Å². The molecule has 1 aromatic carbocycles. The SMILES string of the molecule is COC(=O)CNC(=O)c1cccc(NC(=O)CN2CCN(C(=N)N)CC2=O)c1. The first kappa shape index (κ1) is 20.7. The lowest BCUT2D eigenvalue weighted by Crippen LogP contribution is -2.55. The van der Waals surface area contributed by atoms with E-state index in [-0.39, 0.29) is 43.6 Å². The molecule has 1 aliphatic rings. The van der Waals surface area contributed by atoms with Crippen LogP contribution in [0.5, 0.6) is 0 Å². The summed E-state index contributed by atoms with van der Waals surface area (Å²) in [6.07, 6.45) is 0. The van der Waals surface area contributed by atoms with Crippen molar-refractivity contribution in [3.05, 3.63) is 29.8 Å². The van der Waals surface area contributed by atoms with Crippen molar-refractivity contribution < 1.29 is 23.9 Å². The molecule has 11 nitrogen and oxygen atoms in total. The number of carbonyl (C=O) groups is 4. The fourth-order valence-corrected chi connectivity index (χ4v) is 2.52. The van der Waals surface area contributed by atoms with Gasteiger partial charge in [0.25, 0.3) is 5.91 Å². The smallest absolute Gasteiger partial charge is 0.325 e. The van der Waals surface area contributed by atoms with Crippen LogP contribution in [0.2, 0.25) is 0 Å². The van der Waals surface area contributed by atoms with E-state index in [9.17, 15) is 19.2 Å². The molecule has 2 rings (SSSR count). The first-order valence-electron chi connectivity index (χ1n) is 8.42. The van der Waals surface area contributed by atoms with Gasteiger partial charge in [-0.3, -0.25) is 24.6 Å². The summed E-state index contributed by atoms with van der Waals surface area (Å²) in [5.41, 5.74) is 6.00. The van der Waals surface area contributed by atoms with Gasteiger partial charge >= 0.3 is 5.97 Å². The molecular formula is C17H22N6O5. The quantitative estimate of drug-likeness (QED) is 0.263. The Labute approximate surface area is 161 Å². The number of hydrogen-bond donors (Lipinski definition) is 4. The van der Waals surface area contributed by atoms with Gasteiger partial charge < -0.3 is 30.9 Å². The number of amides is 3. The van der Waals surface area contributed by atoms with Gasteiger partial charge in [0.15, 0.2) is 5.96 Å². The van der Waals surface area contributed by atoms with Gasteiger partial charge in [-0.05, 0) is 18.2 Å². The Morgan fingerprint density at radius 3 is 2.68 bits per heavy atom. The third kappa shape index (κ3) is 5.69. The lowest BCUT2D eigenvalue weighted by Gasteiger charge is -2.34. The van der Waals surface area contributed by atoms with Crippen molar-refractivity contribution >= 4 is 35.3 Å². The molecule has 11 heteroatoms. The highest BCUT2D eigenvalue weighted by molar-refractivity contribution is 5.99. The Morgan fingerprint density at radius 2 is 2.04 bits per heavy atom. The number of methoxy groups -OCH3 is 1. The van der Waals surface area contributed by atoms with Gasteiger partial charge in [0.2, 0.25) is 11.8 Å². The minimum atomic E-state index is -0.577. The summed E-state index contributed by atoms with van der Waals surface area (Å²) < 4.78 is 4.45. The van der Waals surface area contributed by atoms with Crippen LogP contribution in [0.4, 0.5) is 5.69 Å². The van der Waals surface area contributed by atoms with E-state index in [0.717, 1.165) is 0 Å². The summed E-state index contributed by atoms with van der Waals surface area (Å²) in [6.45, 7) is 0.202. The minimum absolute atomic E-state index is 0.0432. The van der Waals surface area contributed by atoms with E-state index < -0.39 is 17.8 Å². The second-order valence-corrected chi connectivity index (χ2v) is 6.01. The summed E-state index contributed by atoms with van der Waals surface area (Å²) in [4.78, 5) is 50.2. The molecule has 1 saturated heterocycles. The average Bonchev–Trinajstić information content (AvgIpc) is 2.67. The van der Waals surface area contributed by atoms with E-state index in [0.29, 0.717) is 12.2 Å². The zero-order valence-electron chi connectivity index (χ0n) is 15.4. The Morgan fingerprint density at radius 1 is 1.29 bits per heavy atom. The van der Waals surface area contributed by atoms with Gasteiger partial charge in [-0.15, -0.1) is 0 Å². The lowest BCUT2D eigenvalue weighted by atomic mass is 10.2. The van der Waals surface area contributed by atoms with E-state index in [4.69, 9.17) is 11.1 Å². The van der Waals surface area contributed by atoms with Crippen LogP contribution in [-0.2, 0) is 19.1 Å². The summed E-state index contributed by atoms with van der Waals surface area (Å²) in [5, 5.41) is 12.4. The van der Waals surface area contributed by atoms with Gasteiger partial charge in [-0.25, -0.2) is 0 Å². The van der Waals surface area contributed by atoms with Crippen LogP contribution in [0.3, 0.4) is 0 Å². The van der Waals surface area contributed by atoms with Crippen LogP contribution < -0.4 is 16.4 Å². The molecule has 1 fully saturated rings. The number of rotatable bonds is 6. The van der Waals surface area contributed by atoms with E-state index >= 15 is 0 Å². The molecule has 0 atom stereocenters. The monoisotopic (exact) mass is 390 g/mol. The maximum absolute atomic E-state index is 12.2. The largest absolute Gasteiger partial charge is 0.468 e. The van der Waals surface area contributed by atoms with Gasteiger partial charge in [0, 0.05) is 24.3 Å². The number of anilines is 1. The molecule has 3 amide bonds. The Hall–Kier alpha value is -3.63. The highest BCUT2D eigenvalue weighted by Crippen LogP contribution is 2.11. The van der Waals surface area contributed by atoms with Crippen molar-refractivity contribution in [3.8, 4) is 0 Å². The number of nitrogens with one attached hydrogen (secondary N) is 3. The third-order valence-electron chi connectivity index (χ3n) is 4.02. The minimum Gasteiger partial charge on any atom is -0.468 e. The third-order valence-corrected chi connectivity index (χ3v) is 4.02. The number of carbonyl (C=O) groups excluding carboxylic acids is 4. The van der Waals surface area contributed by atoms with Crippen LogP contribution in [0.1, 0.15) is 10.4 Å². The fraction of sp³-hybridized carbons (Fsp3) is 0.353. The molecule has 1 heterocycles. The number of nitrogens with zero attached hydrogens (tertiary/aromatic N) is 2. The average molecular weight is 390 g/mol. The van der Waals surface area contributed by atoms with Crippen LogP contribution >= 0.6 is 0 Å². The van der Waals surface area contributed by atoms with Gasteiger partial charge in [-0.2, -0.15) is 0 Å². The fourth-order valence-electron chi connectivity index (χ4n) is 2.52. The molecule has 5 N–H and O–H groups in total. The molecule has 1 aliphatic heterocycles. The summed E-state index contributed by atoms with van der Waals surface area (Å²) in [5.74, 6) is -1.96. The molecule has 0 bridgehead atoms. The second-order valence-electron chi connectivity index (χ2n) is 6.01. The van der Waals surface area contributed by atoms with E-state index in [1.807, 2.05) is 0 Å². The first-order valence-corrected chi connectivity index (χ1v) is 8.42. The van der Waals surface area contributed by atoms with Gasteiger partial charge in [-0.1, -0.05) is 6.07 Å². The number of nitrogens with two attached hydrogens (primary N) is 1. The highest BCUT2D eigenvalue weighted by Gasteiger charge is 2.26. The van der Waals surface area contributed by atoms with E-state index in [1.54, 1.807) is 12.1 Å². The zero-order chi connectivity index (χ0) is 20.7. The Kier molecular flexibility index (Phi) is 6.90. The summed E-state index contributed by atoms with van der Waals surface area (Å²) in [6, 6.07) is 6.18. The second kappa shape index (κ2) is 9.35. The molecule has 0 radical (unpaired) electrons. The van der Waals surface area contributed by atoms with Gasteiger partial charge in [0.05, 0.1) is 20.2 Å². The number of hydrogen-bond acceptors (Lipinski definition) is 6. The highest BCUT2D eigenvalue weighted by atomic mass is 16.5. The molecule has 0 aromatic heterocycles. The van der Waals surface area contributed by atoms with Crippen LogP contribution in [0.15, 0.2) is 24.3 Å². The molecule has 0 unspecified atom stereocenters. The molecule has 28 heavy (non-hydrogen) atoms. The predicted molar refractivity (Wildman–Crippen MR) is 99.5 cm³/mol. The van der Waals surface area contributed by atoms with Crippen LogP contribution in [0, 0.1) is 5.41 Å². The Bertz CT molecular complexity index is 796. The molecule has 150 valence electrons. The van der Waals surface area contributed by atoms with Crippen molar-refractivity contribution in [2.75, 3.05) is 45.2 Å². The van der Waals surface area contributed by atoms with Crippen molar-refractivity contribution in [3.63, 3.8) is 0 Å². The first-order chi connectivity index (χ1) is 13.3. The molecular weight excluding hydrogens is 368 g/mol. The van der Waals surface area contributed by atoms with Crippen LogP contribution in [-0.4, -0.2) is 79.3 Å². The van der Waals surface area contributed by atoms with Gasteiger partial charge in [0.1, 0.15) is 6.54 Å². The standard InChI is InChI=1S/C17H22N6O5/c1-28-15(26)8-20-16(27)11-3-2-4-12(7-11)21-13(24)9-22-5-6-23(17(18)19)10-14(22)25/h2-4,7H,5-6,8-10H2,1H3,(H3,18,19)(H,20,27)(H,21,24). The molecule has 1 aromatic rings. The summed E-state index contributed by atoms with van der Waals surface area (Å²) in [7, 11) is 1.22. The van der Waals surface area contributed by atoms with Crippen molar-refractivity contribution in [1.29, 1.82) is 5.41 Å². The number of benzene rings is 1. The Balaban J connectivity index is 1.90. The normalized spacial score (nSPS) is 13.7. The lowest BCUT2D eigenvalue weighted by molar-refractivity contribution is -0.139. The van der Waals surface area contributed by atoms with Crippen molar-refractivity contribution in [2.24, 2.45) is 5.73 Å².